The van der Waals surface area contributed by atoms with Crippen LogP contribution in [0, 0.1) is 0 Å². The first kappa shape index (κ1) is 27.3. The van der Waals surface area contributed by atoms with Crippen molar-refractivity contribution in [1.82, 2.24) is 20.2 Å². The first-order valence-corrected chi connectivity index (χ1v) is 11.3. The maximum Gasteiger partial charge on any atom is 0.471 e. The number of aromatic nitrogens is 2. The third kappa shape index (κ3) is 7.60. The van der Waals surface area contributed by atoms with E-state index in [0.717, 1.165) is 5.56 Å². The first-order valence-electron chi connectivity index (χ1n) is 11.3. The van der Waals surface area contributed by atoms with Crippen LogP contribution in [0.1, 0.15) is 33.1 Å². The molecule has 194 valence electrons. The molecule has 0 aliphatic rings. The van der Waals surface area contributed by atoms with Gasteiger partial charge in [0.2, 0.25) is 5.91 Å². The van der Waals surface area contributed by atoms with E-state index in [1.165, 1.54) is 43.8 Å². The molecule has 0 aliphatic carbocycles. The number of hydrogen-bond donors (Lipinski definition) is 1. The van der Waals surface area contributed by atoms with E-state index >= 15 is 0 Å². The number of esters is 1. The Labute approximate surface area is 211 Å². The summed E-state index contributed by atoms with van der Waals surface area (Å²) < 4.78 is 45.6. The van der Waals surface area contributed by atoms with Gasteiger partial charge in [0, 0.05) is 37.9 Å². The molecule has 37 heavy (non-hydrogen) atoms. The molecule has 2 heterocycles. The summed E-state index contributed by atoms with van der Waals surface area (Å²) in [5, 5.41) is 2.63. The first-order chi connectivity index (χ1) is 17.7. The minimum absolute atomic E-state index is 0.0596. The van der Waals surface area contributed by atoms with Gasteiger partial charge in [0.1, 0.15) is 6.04 Å². The molecule has 11 heteroatoms. The van der Waals surface area contributed by atoms with E-state index < -0.39 is 30.0 Å². The third-order valence-corrected chi connectivity index (χ3v) is 5.54. The Balaban J connectivity index is 1.92. The number of alkyl halides is 3. The number of hydrogen-bond acceptors (Lipinski definition) is 6. The van der Waals surface area contributed by atoms with Crippen molar-refractivity contribution in [2.24, 2.45) is 0 Å². The number of benzene rings is 1. The average Bonchev–Trinajstić information content (AvgIpc) is 2.91. The van der Waals surface area contributed by atoms with Gasteiger partial charge < -0.3 is 15.0 Å². The largest absolute Gasteiger partial charge is 0.471 e. The summed E-state index contributed by atoms with van der Waals surface area (Å²) in [4.78, 5) is 46.0. The lowest BCUT2D eigenvalue weighted by Crippen LogP contribution is -2.49. The van der Waals surface area contributed by atoms with Crippen LogP contribution in [-0.4, -0.2) is 59.0 Å². The second-order valence-corrected chi connectivity index (χ2v) is 8.02. The monoisotopic (exact) mass is 514 g/mol. The fourth-order valence-electron chi connectivity index (χ4n) is 3.67. The van der Waals surface area contributed by atoms with Crippen molar-refractivity contribution in [2.45, 2.75) is 25.1 Å². The topological polar surface area (TPSA) is 101 Å². The molecule has 0 radical (unpaired) electrons. The quantitative estimate of drug-likeness (QED) is 0.417. The number of methoxy groups -OCH3 is 1. The van der Waals surface area contributed by atoms with Crippen LogP contribution in [-0.2, 0) is 27.2 Å². The number of ether oxygens (including phenoxy) is 1. The molecule has 1 aromatic carbocycles. The summed E-state index contributed by atoms with van der Waals surface area (Å²) in [5.74, 6) is -3.59. The number of carbonyl (C=O) groups is 3. The molecule has 2 amide bonds. The van der Waals surface area contributed by atoms with Crippen LogP contribution in [0.3, 0.4) is 0 Å². The van der Waals surface area contributed by atoms with E-state index in [4.69, 9.17) is 0 Å². The van der Waals surface area contributed by atoms with E-state index in [-0.39, 0.29) is 30.6 Å². The Hall–Kier alpha value is -4.28. The molecule has 3 aromatic rings. The Kier molecular flexibility index (Phi) is 9.31. The van der Waals surface area contributed by atoms with E-state index in [1.807, 2.05) is 0 Å². The molecule has 1 unspecified atom stereocenters. The van der Waals surface area contributed by atoms with Gasteiger partial charge in [-0.05, 0) is 59.9 Å². The lowest BCUT2D eigenvalue weighted by atomic mass is 10.0. The zero-order valence-corrected chi connectivity index (χ0v) is 19.9. The highest BCUT2D eigenvalue weighted by Crippen LogP contribution is 2.28. The number of carbonyl (C=O) groups excluding carboxylic acids is 3. The van der Waals surface area contributed by atoms with Crippen LogP contribution < -0.4 is 5.32 Å². The standard InChI is InChI=1S/C26H25F3N4O4/c1-37-24(35)21-6-4-20(5-7-21)22(23(34)32-15-10-19-3-2-12-31-17-19)33(25(36)26(27,28)29)16-11-18-8-13-30-14-9-18/h2-9,12-14,17,22H,10-11,15-16H2,1H3,(H,32,34). The van der Waals surface area contributed by atoms with Crippen LogP contribution in [0.25, 0.3) is 0 Å². The molecule has 0 saturated carbocycles. The molecule has 2 aromatic heterocycles. The fourth-order valence-corrected chi connectivity index (χ4v) is 3.67. The Bertz CT molecular complexity index is 1190. The SMILES string of the molecule is COC(=O)c1ccc(C(C(=O)NCCc2cccnc2)N(CCc2ccncc2)C(=O)C(F)(F)F)cc1. The maximum absolute atomic E-state index is 13.7. The van der Waals surface area contributed by atoms with Gasteiger partial charge in [-0.2, -0.15) is 13.2 Å². The van der Waals surface area contributed by atoms with Gasteiger partial charge in [0.25, 0.3) is 0 Å². The van der Waals surface area contributed by atoms with Gasteiger partial charge in [-0.3, -0.25) is 19.6 Å². The van der Waals surface area contributed by atoms with Gasteiger partial charge in [-0.1, -0.05) is 18.2 Å². The Morgan fingerprint density at radius 3 is 2.24 bits per heavy atom. The lowest BCUT2D eigenvalue weighted by Gasteiger charge is -2.32. The van der Waals surface area contributed by atoms with E-state index in [0.29, 0.717) is 16.9 Å². The summed E-state index contributed by atoms with van der Waals surface area (Å²) in [5.41, 5.74) is 1.72. The van der Waals surface area contributed by atoms with Crippen molar-refractivity contribution in [3.8, 4) is 0 Å². The Morgan fingerprint density at radius 2 is 1.65 bits per heavy atom. The minimum Gasteiger partial charge on any atom is -0.465 e. The van der Waals surface area contributed by atoms with E-state index in [1.54, 1.807) is 36.7 Å². The average molecular weight is 515 g/mol. The zero-order valence-electron chi connectivity index (χ0n) is 19.9. The van der Waals surface area contributed by atoms with Crippen molar-refractivity contribution in [3.63, 3.8) is 0 Å². The smallest absolute Gasteiger partial charge is 0.465 e. The van der Waals surface area contributed by atoms with Crippen molar-refractivity contribution < 1.29 is 32.3 Å². The number of nitrogens with zero attached hydrogens (tertiary/aromatic N) is 3. The maximum atomic E-state index is 13.7. The Morgan fingerprint density at radius 1 is 0.946 bits per heavy atom. The van der Waals surface area contributed by atoms with Crippen molar-refractivity contribution in [1.29, 1.82) is 0 Å². The highest BCUT2D eigenvalue weighted by atomic mass is 19.4. The van der Waals surface area contributed by atoms with E-state index in [9.17, 15) is 27.6 Å². The minimum atomic E-state index is -5.21. The van der Waals surface area contributed by atoms with Gasteiger partial charge in [-0.15, -0.1) is 0 Å². The van der Waals surface area contributed by atoms with Crippen LogP contribution in [0.4, 0.5) is 13.2 Å². The van der Waals surface area contributed by atoms with E-state index in [2.05, 4.69) is 20.0 Å². The third-order valence-electron chi connectivity index (χ3n) is 5.54. The lowest BCUT2D eigenvalue weighted by molar-refractivity contribution is -0.188. The van der Waals surface area contributed by atoms with Gasteiger partial charge in [0.05, 0.1) is 12.7 Å². The molecule has 8 nitrogen and oxygen atoms in total. The number of rotatable bonds is 10. The van der Waals surface area contributed by atoms with Crippen LogP contribution in [0.15, 0.2) is 73.3 Å². The second kappa shape index (κ2) is 12.6. The predicted molar refractivity (Wildman–Crippen MR) is 127 cm³/mol. The van der Waals surface area contributed by atoms with Gasteiger partial charge in [0.15, 0.2) is 0 Å². The number of nitrogens with one attached hydrogen (secondary N) is 1. The highest BCUT2D eigenvalue weighted by molar-refractivity contribution is 5.92. The molecule has 3 rings (SSSR count). The molecule has 0 saturated heterocycles. The molecule has 0 spiro atoms. The van der Waals surface area contributed by atoms with Gasteiger partial charge in [-0.25, -0.2) is 4.79 Å². The molecular weight excluding hydrogens is 489 g/mol. The van der Waals surface area contributed by atoms with Crippen LogP contribution in [0.2, 0.25) is 0 Å². The molecular formula is C26H25F3N4O4. The molecule has 1 atom stereocenters. The zero-order chi connectivity index (χ0) is 26.8. The summed E-state index contributed by atoms with van der Waals surface area (Å²) >= 11 is 0. The molecule has 0 aliphatic heterocycles. The fraction of sp³-hybridized carbons (Fsp3) is 0.269. The second-order valence-electron chi connectivity index (χ2n) is 8.02. The van der Waals surface area contributed by atoms with Crippen molar-refractivity contribution >= 4 is 17.8 Å². The highest BCUT2D eigenvalue weighted by Gasteiger charge is 2.46. The summed E-state index contributed by atoms with van der Waals surface area (Å²) in [7, 11) is 1.19. The normalized spacial score (nSPS) is 11.9. The van der Waals surface area contributed by atoms with Crippen LogP contribution in [0.5, 0.6) is 0 Å². The molecule has 1 N–H and O–H groups in total. The predicted octanol–water partition coefficient (Wildman–Crippen LogP) is 3.30. The van der Waals surface area contributed by atoms with Crippen LogP contribution >= 0.6 is 0 Å². The summed E-state index contributed by atoms with van der Waals surface area (Å²) in [6, 6.07) is 10.5. The summed E-state index contributed by atoms with van der Waals surface area (Å²) in [6.45, 7) is -0.276. The molecule has 0 fully saturated rings. The number of pyridine rings is 2. The summed E-state index contributed by atoms with van der Waals surface area (Å²) in [6.07, 6.45) is 1.42. The van der Waals surface area contributed by atoms with Crippen molar-refractivity contribution in [3.05, 3.63) is 95.6 Å². The number of halogens is 3. The van der Waals surface area contributed by atoms with Crippen molar-refractivity contribution in [2.75, 3.05) is 20.2 Å². The van der Waals surface area contributed by atoms with Gasteiger partial charge >= 0.3 is 18.1 Å². The number of amides is 2. The molecule has 0 bridgehead atoms.